The monoisotopic (exact) mass is 372 g/mol. The number of anilines is 1. The quantitative estimate of drug-likeness (QED) is 0.724. The van der Waals surface area contributed by atoms with Crippen molar-refractivity contribution >= 4 is 21.6 Å². The fourth-order valence-corrected chi connectivity index (χ4v) is 3.45. The molecule has 1 aromatic rings. The van der Waals surface area contributed by atoms with Crippen molar-refractivity contribution in [2.24, 2.45) is 0 Å². The molecule has 2 rings (SSSR count). The minimum atomic E-state index is -3.65. The van der Waals surface area contributed by atoms with Gasteiger partial charge in [-0.15, -0.1) is 0 Å². The summed E-state index contributed by atoms with van der Waals surface area (Å²) in [6, 6.07) is 4.68. The number of rotatable bonds is 8. The first kappa shape index (κ1) is 19.3. The first-order chi connectivity index (χ1) is 11.8. The SMILES string of the molecule is COc1ccc(N(CC(=O)NCC2CCCO2)S(C)(=O)=O)cc1OC. The van der Waals surface area contributed by atoms with Gasteiger partial charge in [0.05, 0.1) is 32.3 Å². The van der Waals surface area contributed by atoms with Crippen LogP contribution < -0.4 is 19.1 Å². The third-order valence-electron chi connectivity index (χ3n) is 3.89. The van der Waals surface area contributed by atoms with Crippen LogP contribution in [0.25, 0.3) is 0 Å². The molecule has 1 aromatic carbocycles. The standard InChI is InChI=1S/C16H24N2O6S/c1-22-14-7-6-12(9-15(14)23-2)18(25(3,20)21)11-16(19)17-10-13-5-4-8-24-13/h6-7,9,13H,4-5,8,10-11H2,1-3H3,(H,17,19). The van der Waals surface area contributed by atoms with E-state index >= 15 is 0 Å². The third-order valence-corrected chi connectivity index (χ3v) is 5.03. The molecule has 25 heavy (non-hydrogen) atoms. The van der Waals surface area contributed by atoms with Crippen LogP contribution in [-0.2, 0) is 19.6 Å². The molecule has 1 aliphatic heterocycles. The van der Waals surface area contributed by atoms with E-state index < -0.39 is 15.9 Å². The molecule has 0 spiro atoms. The van der Waals surface area contributed by atoms with Gasteiger partial charge in [-0.05, 0) is 25.0 Å². The molecule has 1 amide bonds. The van der Waals surface area contributed by atoms with Crippen molar-refractivity contribution in [3.05, 3.63) is 18.2 Å². The lowest BCUT2D eigenvalue weighted by Crippen LogP contribution is -2.42. The summed E-state index contributed by atoms with van der Waals surface area (Å²) < 4.78 is 41.1. The molecule has 9 heteroatoms. The summed E-state index contributed by atoms with van der Waals surface area (Å²) in [5, 5.41) is 2.72. The number of hydrogen-bond acceptors (Lipinski definition) is 6. The van der Waals surface area contributed by atoms with E-state index in [0.717, 1.165) is 23.4 Å². The molecule has 1 heterocycles. The average molecular weight is 372 g/mol. The van der Waals surface area contributed by atoms with E-state index in [4.69, 9.17) is 14.2 Å². The van der Waals surface area contributed by atoms with Gasteiger partial charge in [-0.1, -0.05) is 0 Å². The number of nitrogens with one attached hydrogen (secondary N) is 1. The number of methoxy groups -OCH3 is 2. The van der Waals surface area contributed by atoms with Gasteiger partial charge < -0.3 is 19.5 Å². The second kappa shape index (κ2) is 8.39. The molecule has 0 aromatic heterocycles. The summed E-state index contributed by atoms with van der Waals surface area (Å²) in [6.07, 6.45) is 2.92. The Labute approximate surface area is 148 Å². The van der Waals surface area contributed by atoms with Gasteiger partial charge in [-0.2, -0.15) is 0 Å². The van der Waals surface area contributed by atoms with E-state index in [-0.39, 0.29) is 12.6 Å². The molecule has 1 fully saturated rings. The molecule has 1 saturated heterocycles. The van der Waals surface area contributed by atoms with Crippen LogP contribution in [-0.4, -0.2) is 60.6 Å². The minimum Gasteiger partial charge on any atom is -0.493 e. The van der Waals surface area contributed by atoms with Crippen molar-refractivity contribution in [3.8, 4) is 11.5 Å². The van der Waals surface area contributed by atoms with Crippen LogP contribution in [0.3, 0.4) is 0 Å². The first-order valence-electron chi connectivity index (χ1n) is 7.93. The van der Waals surface area contributed by atoms with E-state index in [1.807, 2.05) is 0 Å². The summed E-state index contributed by atoms with van der Waals surface area (Å²) in [7, 11) is -0.701. The average Bonchev–Trinajstić information content (AvgIpc) is 3.09. The van der Waals surface area contributed by atoms with E-state index in [1.54, 1.807) is 12.1 Å². The molecule has 0 aliphatic carbocycles. The zero-order valence-electron chi connectivity index (χ0n) is 14.6. The summed E-state index contributed by atoms with van der Waals surface area (Å²) >= 11 is 0. The predicted molar refractivity (Wildman–Crippen MR) is 93.7 cm³/mol. The van der Waals surface area contributed by atoms with Crippen molar-refractivity contribution < 1.29 is 27.4 Å². The molecule has 1 unspecified atom stereocenters. The Morgan fingerprint density at radius 1 is 1.32 bits per heavy atom. The molecule has 1 atom stereocenters. The number of nitrogens with zero attached hydrogens (tertiary/aromatic N) is 1. The van der Waals surface area contributed by atoms with Gasteiger partial charge in [0.1, 0.15) is 6.54 Å². The van der Waals surface area contributed by atoms with Crippen molar-refractivity contribution in [3.63, 3.8) is 0 Å². The summed E-state index contributed by atoms with van der Waals surface area (Å²) in [6.45, 7) is 0.755. The zero-order valence-corrected chi connectivity index (χ0v) is 15.5. The maximum absolute atomic E-state index is 12.2. The van der Waals surface area contributed by atoms with E-state index in [1.165, 1.54) is 20.3 Å². The molecule has 1 N–H and O–H groups in total. The number of carbonyl (C=O) groups excluding carboxylic acids is 1. The highest BCUT2D eigenvalue weighted by Gasteiger charge is 2.23. The van der Waals surface area contributed by atoms with Crippen molar-refractivity contribution in [1.29, 1.82) is 0 Å². The molecule has 0 saturated carbocycles. The molecule has 8 nitrogen and oxygen atoms in total. The van der Waals surface area contributed by atoms with Crippen LogP contribution in [0.5, 0.6) is 11.5 Å². The Balaban J connectivity index is 2.12. The summed E-state index contributed by atoms with van der Waals surface area (Å²) in [5.74, 6) is 0.464. The molecular weight excluding hydrogens is 348 g/mol. The number of sulfonamides is 1. The van der Waals surface area contributed by atoms with E-state index in [2.05, 4.69) is 5.32 Å². The van der Waals surface area contributed by atoms with Crippen LogP contribution >= 0.6 is 0 Å². The van der Waals surface area contributed by atoms with Crippen molar-refractivity contribution in [1.82, 2.24) is 5.32 Å². The van der Waals surface area contributed by atoms with Gasteiger partial charge in [0.2, 0.25) is 15.9 Å². The van der Waals surface area contributed by atoms with E-state index in [9.17, 15) is 13.2 Å². The van der Waals surface area contributed by atoms with E-state index in [0.29, 0.717) is 30.3 Å². The number of amides is 1. The number of hydrogen-bond donors (Lipinski definition) is 1. The highest BCUT2D eigenvalue weighted by atomic mass is 32.2. The first-order valence-corrected chi connectivity index (χ1v) is 9.78. The second-order valence-corrected chi connectivity index (χ2v) is 7.65. The zero-order chi connectivity index (χ0) is 18.4. The molecule has 140 valence electrons. The summed E-state index contributed by atoms with van der Waals surface area (Å²) in [5.41, 5.74) is 0.326. The van der Waals surface area contributed by atoms with Gasteiger partial charge in [-0.25, -0.2) is 8.42 Å². The highest BCUT2D eigenvalue weighted by Crippen LogP contribution is 2.32. The fraction of sp³-hybridized carbons (Fsp3) is 0.562. The Hall–Kier alpha value is -2.00. The highest BCUT2D eigenvalue weighted by molar-refractivity contribution is 7.92. The van der Waals surface area contributed by atoms with Gasteiger partial charge in [0, 0.05) is 19.2 Å². The number of benzene rings is 1. The third kappa shape index (κ3) is 5.23. The molecular formula is C16H24N2O6S. The lowest BCUT2D eigenvalue weighted by Gasteiger charge is -2.23. The number of carbonyl (C=O) groups is 1. The largest absolute Gasteiger partial charge is 0.493 e. The van der Waals surface area contributed by atoms with Crippen molar-refractivity contribution in [2.45, 2.75) is 18.9 Å². The second-order valence-electron chi connectivity index (χ2n) is 5.75. The predicted octanol–water partition coefficient (Wildman–Crippen LogP) is 0.765. The van der Waals surface area contributed by atoms with Crippen LogP contribution in [0.2, 0.25) is 0 Å². The van der Waals surface area contributed by atoms with Crippen molar-refractivity contribution in [2.75, 3.05) is 44.5 Å². The van der Waals surface area contributed by atoms with Crippen LogP contribution in [0.1, 0.15) is 12.8 Å². The maximum atomic E-state index is 12.2. The van der Waals surface area contributed by atoms with Gasteiger partial charge in [0.25, 0.3) is 0 Å². The van der Waals surface area contributed by atoms with Crippen LogP contribution in [0.4, 0.5) is 5.69 Å². The smallest absolute Gasteiger partial charge is 0.240 e. The molecule has 0 bridgehead atoms. The fourth-order valence-electron chi connectivity index (χ4n) is 2.60. The summed E-state index contributed by atoms with van der Waals surface area (Å²) in [4.78, 5) is 12.2. The van der Waals surface area contributed by atoms with Crippen LogP contribution in [0.15, 0.2) is 18.2 Å². The van der Waals surface area contributed by atoms with Crippen LogP contribution in [0, 0.1) is 0 Å². The van der Waals surface area contributed by atoms with Gasteiger partial charge >= 0.3 is 0 Å². The Morgan fingerprint density at radius 2 is 2.04 bits per heavy atom. The Morgan fingerprint density at radius 3 is 2.60 bits per heavy atom. The molecule has 0 radical (unpaired) electrons. The Kier molecular flexibility index (Phi) is 6.49. The van der Waals surface area contributed by atoms with Gasteiger partial charge in [0.15, 0.2) is 11.5 Å². The Bertz CT molecular complexity index is 701. The maximum Gasteiger partial charge on any atom is 0.240 e. The number of ether oxygens (including phenoxy) is 3. The lowest BCUT2D eigenvalue weighted by molar-refractivity contribution is -0.120. The minimum absolute atomic E-state index is 0.00304. The topological polar surface area (TPSA) is 94.2 Å². The normalized spacial score (nSPS) is 17.2. The lowest BCUT2D eigenvalue weighted by atomic mass is 10.2. The van der Waals surface area contributed by atoms with Gasteiger partial charge in [-0.3, -0.25) is 9.10 Å². The molecule has 1 aliphatic rings.